The summed E-state index contributed by atoms with van der Waals surface area (Å²) in [4.78, 5) is 68.9. The van der Waals surface area contributed by atoms with Gasteiger partial charge in [0.2, 0.25) is 11.8 Å². The number of benzene rings is 1. The first kappa shape index (κ1) is 33.6. The number of aliphatic carboxylic acids is 1. The van der Waals surface area contributed by atoms with E-state index in [1.165, 1.54) is 52.8 Å². The number of nitro benzene ring substituents is 1. The Morgan fingerprint density at radius 2 is 1.78 bits per heavy atom. The quantitative estimate of drug-likeness (QED) is 0.184. The second kappa shape index (κ2) is 13.6. The molecule has 0 spiro atoms. The maximum absolute atomic E-state index is 13.4. The summed E-state index contributed by atoms with van der Waals surface area (Å²) in [6.45, 7) is 5.69. The van der Waals surface area contributed by atoms with Gasteiger partial charge < -0.3 is 39.7 Å². The number of carboxylic acid groups (broad SMARTS) is 1. The van der Waals surface area contributed by atoms with E-state index in [2.05, 4.69) is 4.90 Å². The van der Waals surface area contributed by atoms with Gasteiger partial charge in [-0.15, -0.1) is 11.8 Å². The van der Waals surface area contributed by atoms with Crippen LogP contribution >= 0.6 is 11.8 Å². The maximum atomic E-state index is 13.4. The molecular weight excluding hydrogens is 622 g/mol. The highest BCUT2D eigenvalue weighted by atomic mass is 32.2. The van der Waals surface area contributed by atoms with Crippen LogP contribution in [0.4, 0.5) is 10.5 Å². The molecule has 46 heavy (non-hydrogen) atoms. The fraction of sp³-hybridized carbons (Fsp3) is 0.600. The van der Waals surface area contributed by atoms with Crippen molar-refractivity contribution >= 4 is 41.3 Å². The molecule has 3 fully saturated rings. The predicted octanol–water partition coefficient (Wildman–Crippen LogP) is 1.09. The van der Waals surface area contributed by atoms with E-state index in [-0.39, 0.29) is 49.2 Å². The topological polar surface area (TPSA) is 194 Å². The number of hydrogen-bond donors (Lipinski definition) is 3. The lowest BCUT2D eigenvalue weighted by atomic mass is 9.79. The third-order valence-electron chi connectivity index (χ3n) is 9.34. The molecule has 0 aromatic heterocycles. The zero-order valence-electron chi connectivity index (χ0n) is 25.9. The number of ether oxygens (including phenoxy) is 1. The van der Waals surface area contributed by atoms with Gasteiger partial charge in [0.25, 0.3) is 5.69 Å². The van der Waals surface area contributed by atoms with Gasteiger partial charge in [-0.1, -0.05) is 6.92 Å². The number of aliphatic hydroxyl groups excluding tert-OH is 2. The molecule has 1 aromatic rings. The van der Waals surface area contributed by atoms with Gasteiger partial charge in [0.15, 0.2) is 0 Å². The molecule has 7 atom stereocenters. The first-order valence-electron chi connectivity index (χ1n) is 15.2. The van der Waals surface area contributed by atoms with Crippen LogP contribution in [0.2, 0.25) is 0 Å². The van der Waals surface area contributed by atoms with Crippen LogP contribution in [0.3, 0.4) is 0 Å². The number of nitro groups is 1. The minimum absolute atomic E-state index is 0.0791. The number of non-ortho nitro benzene ring substituents is 1. The van der Waals surface area contributed by atoms with Crippen molar-refractivity contribution in [2.75, 3.05) is 39.8 Å². The smallest absolute Gasteiger partial charge is 0.410 e. The molecule has 16 heteroatoms. The number of thioether (sulfide) groups is 1. The van der Waals surface area contributed by atoms with Gasteiger partial charge in [0.1, 0.15) is 12.3 Å². The number of β-lactam (4-membered cyclic amide) rings is 1. The molecule has 0 saturated carbocycles. The van der Waals surface area contributed by atoms with Crippen molar-refractivity contribution in [1.82, 2.24) is 19.6 Å². The molecule has 5 rings (SSSR count). The normalized spacial score (nSPS) is 27.7. The number of hydrogen-bond acceptors (Lipinski definition) is 11. The second-order valence-electron chi connectivity index (χ2n) is 12.4. The minimum Gasteiger partial charge on any atom is -0.477 e. The zero-order valence-corrected chi connectivity index (χ0v) is 26.7. The number of carbonyl (C=O) groups excluding carboxylic acids is 3. The number of likely N-dealkylation sites (N-methyl/N-ethyl adjacent to an activating group) is 1. The van der Waals surface area contributed by atoms with Gasteiger partial charge in [-0.05, 0) is 38.1 Å². The summed E-state index contributed by atoms with van der Waals surface area (Å²) < 4.78 is 5.53. The first-order valence-corrected chi connectivity index (χ1v) is 16.1. The molecular formula is C30H39N5O10S. The number of amides is 3. The van der Waals surface area contributed by atoms with Crippen LogP contribution < -0.4 is 0 Å². The Balaban J connectivity index is 1.32. The van der Waals surface area contributed by atoms with E-state index in [4.69, 9.17) is 4.74 Å². The lowest BCUT2D eigenvalue weighted by molar-refractivity contribution is -0.384. The Morgan fingerprint density at radius 1 is 1.13 bits per heavy atom. The van der Waals surface area contributed by atoms with Crippen molar-refractivity contribution < 1.29 is 44.2 Å². The fourth-order valence-electron chi connectivity index (χ4n) is 6.79. The van der Waals surface area contributed by atoms with E-state index in [0.29, 0.717) is 36.6 Å². The lowest BCUT2D eigenvalue weighted by Gasteiger charge is -2.46. The van der Waals surface area contributed by atoms with Crippen molar-refractivity contribution in [3.05, 3.63) is 50.5 Å². The van der Waals surface area contributed by atoms with Crippen molar-refractivity contribution in [1.29, 1.82) is 0 Å². The highest BCUT2D eigenvalue weighted by Gasteiger charge is 2.60. The molecule has 0 radical (unpaired) electrons. The number of piperazine rings is 1. The molecule has 250 valence electrons. The van der Waals surface area contributed by atoms with Crippen LogP contribution in [0.25, 0.3) is 0 Å². The Hall–Kier alpha value is -3.73. The SMILES string of the molecule is C[C@@H](O)[C@H]1C(=O)N2C(C(=O)O)=C(S[C@H]3C[C@@H](C(O)CC(=O)N4CCN(C)CC4)N(C(=O)OCc4ccc([N+](=O)[O-])cc4)C3)[C@H](C)[C@H]12. The third kappa shape index (κ3) is 6.56. The Morgan fingerprint density at radius 3 is 2.37 bits per heavy atom. The number of fused-ring (bicyclic) bond motifs is 1. The average molecular weight is 662 g/mol. The lowest BCUT2D eigenvalue weighted by Crippen LogP contribution is -2.63. The van der Waals surface area contributed by atoms with Gasteiger partial charge in [-0.25, -0.2) is 9.59 Å². The Kier molecular flexibility index (Phi) is 9.91. The summed E-state index contributed by atoms with van der Waals surface area (Å²) in [6, 6.07) is 4.24. The number of aliphatic hydroxyl groups is 2. The molecule has 0 aliphatic carbocycles. The van der Waals surface area contributed by atoms with Crippen molar-refractivity contribution in [3.8, 4) is 0 Å². The molecule has 3 amide bonds. The van der Waals surface area contributed by atoms with E-state index >= 15 is 0 Å². The van der Waals surface area contributed by atoms with Crippen molar-refractivity contribution in [3.63, 3.8) is 0 Å². The summed E-state index contributed by atoms with van der Waals surface area (Å²) in [6.07, 6.45) is -2.90. The number of rotatable bonds is 10. The van der Waals surface area contributed by atoms with Gasteiger partial charge in [-0.2, -0.15) is 0 Å². The molecule has 1 unspecified atom stereocenters. The summed E-state index contributed by atoms with van der Waals surface area (Å²) in [5.41, 5.74) is 0.278. The van der Waals surface area contributed by atoms with Crippen LogP contribution in [0, 0.1) is 22.0 Å². The summed E-state index contributed by atoms with van der Waals surface area (Å²) in [5, 5.41) is 42.1. The molecule has 3 N–H and O–H groups in total. The van der Waals surface area contributed by atoms with Gasteiger partial charge in [-0.3, -0.25) is 19.7 Å². The molecule has 4 aliphatic rings. The molecule has 3 saturated heterocycles. The molecule has 1 aromatic carbocycles. The monoisotopic (exact) mass is 661 g/mol. The van der Waals surface area contributed by atoms with E-state index in [0.717, 1.165) is 0 Å². The number of likely N-dealkylation sites (tertiary alicyclic amines) is 1. The molecule has 4 aliphatic heterocycles. The van der Waals surface area contributed by atoms with Crippen LogP contribution in [0.5, 0.6) is 0 Å². The van der Waals surface area contributed by atoms with E-state index in [1.807, 2.05) is 14.0 Å². The molecule has 4 heterocycles. The van der Waals surface area contributed by atoms with Crippen LogP contribution in [-0.2, 0) is 25.7 Å². The van der Waals surface area contributed by atoms with Gasteiger partial charge >= 0.3 is 12.1 Å². The second-order valence-corrected chi connectivity index (χ2v) is 13.7. The maximum Gasteiger partial charge on any atom is 0.410 e. The van der Waals surface area contributed by atoms with E-state index in [9.17, 15) is 44.6 Å². The van der Waals surface area contributed by atoms with Crippen LogP contribution in [-0.4, -0.2) is 133 Å². The Labute approximate surface area is 269 Å². The fourth-order valence-corrected chi connectivity index (χ4v) is 8.33. The van der Waals surface area contributed by atoms with Gasteiger partial charge in [0, 0.05) is 60.9 Å². The van der Waals surface area contributed by atoms with Crippen LogP contribution in [0.15, 0.2) is 34.9 Å². The summed E-state index contributed by atoms with van der Waals surface area (Å²) in [7, 11) is 1.96. The number of nitrogens with zero attached hydrogens (tertiary/aromatic N) is 5. The molecule has 0 bridgehead atoms. The highest BCUT2D eigenvalue weighted by molar-refractivity contribution is 8.03. The number of carbonyl (C=O) groups is 4. The summed E-state index contributed by atoms with van der Waals surface area (Å²) in [5.74, 6) is -3.03. The first-order chi connectivity index (χ1) is 21.8. The zero-order chi connectivity index (χ0) is 33.4. The highest BCUT2D eigenvalue weighted by Crippen LogP contribution is 2.52. The molecule has 15 nitrogen and oxygen atoms in total. The standard InChI is InChI=1S/C30H39N5O10S/c1-16-25-24(17(2)36)28(39)34(25)26(29(40)41)27(16)46-20-12-21(22(37)13-23(38)32-10-8-31(3)9-11-32)33(14-20)30(42)45-15-18-4-6-19(7-5-18)35(43)44/h4-7,16-17,20-22,24-25,36-37H,8-15H2,1-3H3,(H,40,41)/t16-,17-,20+,21+,22?,24-,25-/m1/s1. The minimum atomic E-state index is -1.26. The van der Waals surface area contributed by atoms with Crippen molar-refractivity contribution in [2.45, 2.75) is 62.8 Å². The van der Waals surface area contributed by atoms with Gasteiger partial charge in [0.05, 0.1) is 41.6 Å². The van der Waals surface area contributed by atoms with E-state index < -0.39 is 58.4 Å². The van der Waals surface area contributed by atoms with Crippen molar-refractivity contribution in [2.24, 2.45) is 11.8 Å². The Bertz CT molecular complexity index is 1410. The van der Waals surface area contributed by atoms with E-state index in [1.54, 1.807) is 4.90 Å². The largest absolute Gasteiger partial charge is 0.477 e. The number of carboxylic acids is 1. The third-order valence-corrected chi connectivity index (χ3v) is 10.8. The van der Waals surface area contributed by atoms with Crippen LogP contribution in [0.1, 0.15) is 32.3 Å². The average Bonchev–Trinajstić information content (AvgIpc) is 3.54. The predicted molar refractivity (Wildman–Crippen MR) is 164 cm³/mol. The summed E-state index contributed by atoms with van der Waals surface area (Å²) >= 11 is 1.23.